The van der Waals surface area contributed by atoms with Gasteiger partial charge in [0.05, 0.1) is 6.54 Å². The van der Waals surface area contributed by atoms with Crippen LogP contribution in [-0.2, 0) is 24.8 Å². The van der Waals surface area contributed by atoms with Crippen LogP contribution in [0.5, 0.6) is 0 Å². The number of aromatic nitrogens is 1. The van der Waals surface area contributed by atoms with Crippen molar-refractivity contribution in [2.75, 3.05) is 0 Å². The standard InChI is InChI=1S/C21H23ClN4O2/c1-25-14-16(18-6-2-3-7-19(18)25)5-4-8-20(27)24-26(21(23)28)13-15-9-11-17(22)12-10-15/h2-3,6-7,9-12,14H,4-5,8,13H2,1H3,(H2,23,28)(H,24,27). The highest BCUT2D eigenvalue weighted by atomic mass is 35.5. The Labute approximate surface area is 168 Å². The number of hydrazine groups is 1. The van der Waals surface area contributed by atoms with Crippen LogP contribution in [0.25, 0.3) is 10.9 Å². The number of para-hydroxylation sites is 1. The number of primary amides is 1. The first-order chi connectivity index (χ1) is 13.4. The Morgan fingerprint density at radius 1 is 1.14 bits per heavy atom. The van der Waals surface area contributed by atoms with Gasteiger partial charge in [-0.2, -0.15) is 0 Å². The molecule has 0 atom stereocenters. The third-order valence-electron chi connectivity index (χ3n) is 4.61. The molecule has 0 fully saturated rings. The number of nitrogens with zero attached hydrogens (tertiary/aromatic N) is 2. The number of hydrogen-bond acceptors (Lipinski definition) is 2. The summed E-state index contributed by atoms with van der Waals surface area (Å²) in [5.41, 5.74) is 11.2. The zero-order valence-corrected chi connectivity index (χ0v) is 16.4. The molecule has 0 unspecified atom stereocenters. The molecule has 0 spiro atoms. The van der Waals surface area contributed by atoms with E-state index in [0.29, 0.717) is 17.9 Å². The second kappa shape index (κ2) is 8.80. The highest BCUT2D eigenvalue weighted by Gasteiger charge is 2.14. The van der Waals surface area contributed by atoms with Gasteiger partial charge in [-0.1, -0.05) is 41.9 Å². The molecule has 146 valence electrons. The highest BCUT2D eigenvalue weighted by Crippen LogP contribution is 2.21. The number of carbonyl (C=O) groups is 2. The fourth-order valence-corrected chi connectivity index (χ4v) is 3.34. The Bertz CT molecular complexity index is 982. The molecule has 0 saturated carbocycles. The van der Waals surface area contributed by atoms with Crippen LogP contribution in [-0.4, -0.2) is 21.5 Å². The molecule has 1 heterocycles. The summed E-state index contributed by atoms with van der Waals surface area (Å²) in [6.45, 7) is 0.182. The number of nitrogens with two attached hydrogens (primary N) is 1. The molecule has 3 amide bonds. The summed E-state index contributed by atoms with van der Waals surface area (Å²) in [7, 11) is 2.01. The van der Waals surface area contributed by atoms with Crippen molar-refractivity contribution >= 4 is 34.4 Å². The maximum atomic E-state index is 12.3. The fraction of sp³-hybridized carbons (Fsp3) is 0.238. The Kier molecular flexibility index (Phi) is 6.21. The van der Waals surface area contributed by atoms with E-state index < -0.39 is 6.03 Å². The van der Waals surface area contributed by atoms with Crippen molar-refractivity contribution in [1.82, 2.24) is 15.0 Å². The SMILES string of the molecule is Cn1cc(CCCC(=O)NN(Cc2ccc(Cl)cc2)C(N)=O)c2ccccc21. The van der Waals surface area contributed by atoms with Crippen LogP contribution < -0.4 is 11.2 Å². The highest BCUT2D eigenvalue weighted by molar-refractivity contribution is 6.30. The number of amides is 3. The molecule has 3 rings (SSSR count). The molecule has 0 aliphatic heterocycles. The van der Waals surface area contributed by atoms with E-state index in [1.54, 1.807) is 24.3 Å². The topological polar surface area (TPSA) is 80.4 Å². The second-order valence-electron chi connectivity index (χ2n) is 6.72. The third-order valence-corrected chi connectivity index (χ3v) is 4.86. The quantitative estimate of drug-likeness (QED) is 0.620. The minimum atomic E-state index is -0.711. The minimum absolute atomic E-state index is 0.182. The Morgan fingerprint density at radius 3 is 2.57 bits per heavy atom. The van der Waals surface area contributed by atoms with Crippen LogP contribution in [0.3, 0.4) is 0 Å². The summed E-state index contributed by atoms with van der Waals surface area (Å²) in [6.07, 6.45) is 3.85. The number of urea groups is 1. The number of benzene rings is 2. The average Bonchev–Trinajstić information content (AvgIpc) is 2.99. The van der Waals surface area contributed by atoms with E-state index in [2.05, 4.69) is 28.3 Å². The molecule has 6 nitrogen and oxygen atoms in total. The van der Waals surface area contributed by atoms with E-state index in [1.165, 1.54) is 16.5 Å². The molecular formula is C21H23ClN4O2. The molecule has 2 aromatic carbocycles. The fourth-order valence-electron chi connectivity index (χ4n) is 3.22. The van der Waals surface area contributed by atoms with Gasteiger partial charge < -0.3 is 10.3 Å². The number of hydrogen-bond donors (Lipinski definition) is 2. The normalized spacial score (nSPS) is 10.8. The van der Waals surface area contributed by atoms with Gasteiger partial charge in [-0.05, 0) is 42.2 Å². The van der Waals surface area contributed by atoms with Gasteiger partial charge in [-0.3, -0.25) is 10.2 Å². The first-order valence-corrected chi connectivity index (χ1v) is 9.45. The lowest BCUT2D eigenvalue weighted by molar-refractivity contribution is -0.125. The number of rotatable bonds is 6. The van der Waals surface area contributed by atoms with Crippen molar-refractivity contribution in [3.05, 3.63) is 70.9 Å². The van der Waals surface area contributed by atoms with Crippen LogP contribution in [0.2, 0.25) is 5.02 Å². The van der Waals surface area contributed by atoms with E-state index in [4.69, 9.17) is 17.3 Å². The number of fused-ring (bicyclic) bond motifs is 1. The lowest BCUT2D eigenvalue weighted by atomic mass is 10.1. The second-order valence-corrected chi connectivity index (χ2v) is 7.16. The number of halogens is 1. The summed E-state index contributed by atoms with van der Waals surface area (Å²) >= 11 is 5.86. The Balaban J connectivity index is 1.54. The third kappa shape index (κ3) is 4.84. The van der Waals surface area contributed by atoms with Crippen LogP contribution in [0.15, 0.2) is 54.7 Å². The molecule has 0 bridgehead atoms. The number of aryl methyl sites for hydroxylation is 2. The van der Waals surface area contributed by atoms with Crippen LogP contribution in [0.4, 0.5) is 4.79 Å². The predicted octanol–water partition coefficient (Wildman–Crippen LogP) is 3.77. The number of nitrogens with one attached hydrogen (secondary N) is 1. The summed E-state index contributed by atoms with van der Waals surface area (Å²) < 4.78 is 2.09. The lowest BCUT2D eigenvalue weighted by Gasteiger charge is -2.21. The van der Waals surface area contributed by atoms with Crippen molar-refractivity contribution in [3.63, 3.8) is 0 Å². The zero-order chi connectivity index (χ0) is 20.1. The zero-order valence-electron chi connectivity index (χ0n) is 15.7. The van der Waals surface area contributed by atoms with Gasteiger partial charge in [-0.15, -0.1) is 0 Å². The monoisotopic (exact) mass is 398 g/mol. The Hall–Kier alpha value is -2.99. The van der Waals surface area contributed by atoms with Crippen molar-refractivity contribution in [3.8, 4) is 0 Å². The van der Waals surface area contributed by atoms with Crippen molar-refractivity contribution in [2.45, 2.75) is 25.8 Å². The van der Waals surface area contributed by atoms with Gasteiger partial charge >= 0.3 is 6.03 Å². The van der Waals surface area contributed by atoms with E-state index in [1.807, 2.05) is 19.2 Å². The van der Waals surface area contributed by atoms with Crippen LogP contribution in [0, 0.1) is 0 Å². The molecule has 28 heavy (non-hydrogen) atoms. The van der Waals surface area contributed by atoms with Crippen LogP contribution in [0.1, 0.15) is 24.0 Å². The molecule has 0 radical (unpaired) electrons. The molecule has 0 saturated heterocycles. The van der Waals surface area contributed by atoms with Gasteiger partial charge in [0.15, 0.2) is 0 Å². The summed E-state index contributed by atoms with van der Waals surface area (Å²) in [4.78, 5) is 23.9. The first-order valence-electron chi connectivity index (χ1n) is 9.08. The molecule has 0 aliphatic rings. The van der Waals surface area contributed by atoms with Gasteiger partial charge in [0.25, 0.3) is 0 Å². The largest absolute Gasteiger partial charge is 0.350 e. The molecule has 0 aliphatic carbocycles. The first kappa shape index (κ1) is 19.8. The molecule has 3 N–H and O–H groups in total. The van der Waals surface area contributed by atoms with E-state index in [-0.39, 0.29) is 12.5 Å². The van der Waals surface area contributed by atoms with Crippen molar-refractivity contribution in [1.29, 1.82) is 0 Å². The van der Waals surface area contributed by atoms with Gasteiger partial charge in [0, 0.05) is 35.6 Å². The Morgan fingerprint density at radius 2 is 1.86 bits per heavy atom. The van der Waals surface area contributed by atoms with E-state index >= 15 is 0 Å². The van der Waals surface area contributed by atoms with Gasteiger partial charge in [-0.25, -0.2) is 9.80 Å². The summed E-state index contributed by atoms with van der Waals surface area (Å²) in [5, 5.41) is 2.92. The molecule has 7 heteroatoms. The summed E-state index contributed by atoms with van der Waals surface area (Å²) in [5.74, 6) is -0.243. The molecular weight excluding hydrogens is 376 g/mol. The molecule has 1 aromatic heterocycles. The minimum Gasteiger partial charge on any atom is -0.350 e. The van der Waals surface area contributed by atoms with Crippen LogP contribution >= 0.6 is 11.6 Å². The predicted molar refractivity (Wildman–Crippen MR) is 111 cm³/mol. The number of carbonyl (C=O) groups excluding carboxylic acids is 2. The smallest absolute Gasteiger partial charge is 0.333 e. The maximum absolute atomic E-state index is 12.3. The maximum Gasteiger partial charge on any atom is 0.333 e. The van der Waals surface area contributed by atoms with Crippen molar-refractivity contribution < 1.29 is 9.59 Å². The molecule has 3 aromatic rings. The average molecular weight is 399 g/mol. The summed E-state index contributed by atoms with van der Waals surface area (Å²) in [6, 6.07) is 14.5. The van der Waals surface area contributed by atoms with Gasteiger partial charge in [0.1, 0.15) is 0 Å². The van der Waals surface area contributed by atoms with Crippen molar-refractivity contribution in [2.24, 2.45) is 12.8 Å². The lowest BCUT2D eigenvalue weighted by Crippen LogP contribution is -2.48. The van der Waals surface area contributed by atoms with E-state index in [0.717, 1.165) is 17.0 Å². The van der Waals surface area contributed by atoms with E-state index in [9.17, 15) is 9.59 Å². The van der Waals surface area contributed by atoms with Gasteiger partial charge in [0.2, 0.25) is 5.91 Å².